The van der Waals surface area contributed by atoms with E-state index >= 15 is 0 Å². The molecule has 0 aromatic heterocycles. The van der Waals surface area contributed by atoms with E-state index < -0.39 is 22.0 Å². The highest BCUT2D eigenvalue weighted by atomic mass is 32.2. The van der Waals surface area contributed by atoms with Crippen molar-refractivity contribution in [2.24, 2.45) is 0 Å². The fourth-order valence-corrected chi connectivity index (χ4v) is 1.77. The Morgan fingerprint density at radius 2 is 2.00 bits per heavy atom. The lowest BCUT2D eigenvalue weighted by atomic mass is 10.2. The second-order valence-electron chi connectivity index (χ2n) is 4.43. The van der Waals surface area contributed by atoms with Crippen molar-refractivity contribution in [3.63, 3.8) is 0 Å². The molecule has 0 unspecified atom stereocenters. The van der Waals surface area contributed by atoms with Crippen LogP contribution in [0, 0.1) is 0 Å². The van der Waals surface area contributed by atoms with Gasteiger partial charge in [0.25, 0.3) is 0 Å². The van der Waals surface area contributed by atoms with Crippen molar-refractivity contribution >= 4 is 21.3 Å². The van der Waals surface area contributed by atoms with E-state index in [0.29, 0.717) is 17.8 Å². The third-order valence-electron chi connectivity index (χ3n) is 1.92. The van der Waals surface area contributed by atoms with E-state index in [1.807, 2.05) is 0 Å². The predicted molar refractivity (Wildman–Crippen MR) is 56.4 cm³/mol. The molecule has 0 aromatic rings. The van der Waals surface area contributed by atoms with Crippen molar-refractivity contribution in [2.75, 3.05) is 13.1 Å². The molecule has 0 radical (unpaired) electrons. The maximum absolute atomic E-state index is 11.5. The van der Waals surface area contributed by atoms with Gasteiger partial charge in [-0.25, -0.2) is 4.79 Å². The lowest BCUT2D eigenvalue weighted by Gasteiger charge is -2.23. The normalized spacial score (nSPS) is 16.7. The molecule has 1 rings (SSSR count). The molecular formula is C9H15NO4S. The van der Waals surface area contributed by atoms with Gasteiger partial charge in [0.15, 0.2) is 0 Å². The maximum atomic E-state index is 11.5. The van der Waals surface area contributed by atoms with Gasteiger partial charge in [0.05, 0.1) is 11.4 Å². The van der Waals surface area contributed by atoms with E-state index in [1.54, 1.807) is 20.8 Å². The number of nitrogens with zero attached hydrogens (tertiary/aromatic N) is 1. The van der Waals surface area contributed by atoms with Crippen LogP contribution in [0.4, 0.5) is 4.79 Å². The van der Waals surface area contributed by atoms with Gasteiger partial charge < -0.3 is 9.64 Å². The van der Waals surface area contributed by atoms with Crippen LogP contribution in [0.2, 0.25) is 0 Å². The number of likely N-dealkylation sites (tertiary alicyclic amines) is 1. The van der Waals surface area contributed by atoms with Gasteiger partial charge in [0.1, 0.15) is 5.60 Å². The quantitative estimate of drug-likeness (QED) is 0.577. The molecule has 0 spiro atoms. The Kier molecular flexibility index (Phi) is 3.38. The Morgan fingerprint density at radius 3 is 2.40 bits per heavy atom. The minimum absolute atomic E-state index is 0.158. The lowest BCUT2D eigenvalue weighted by Crippen LogP contribution is -2.35. The molecule has 0 aromatic carbocycles. The van der Waals surface area contributed by atoms with Crippen molar-refractivity contribution < 1.29 is 17.9 Å². The Hall–Kier alpha value is -1.04. The summed E-state index contributed by atoms with van der Waals surface area (Å²) in [6, 6.07) is 0. The first-order valence-corrected chi connectivity index (χ1v) is 5.79. The van der Waals surface area contributed by atoms with Gasteiger partial charge in [-0.05, 0) is 20.8 Å². The Morgan fingerprint density at radius 1 is 1.40 bits per heavy atom. The number of carbonyl (C=O) groups is 1. The number of carbonyl (C=O) groups excluding carboxylic acids is 1. The first-order chi connectivity index (χ1) is 6.79. The van der Waals surface area contributed by atoms with E-state index in [-0.39, 0.29) is 6.54 Å². The van der Waals surface area contributed by atoms with E-state index in [9.17, 15) is 13.2 Å². The van der Waals surface area contributed by atoms with Crippen LogP contribution in [0.3, 0.4) is 0 Å². The summed E-state index contributed by atoms with van der Waals surface area (Å²) < 4.78 is 26.4. The van der Waals surface area contributed by atoms with E-state index in [2.05, 4.69) is 0 Å². The number of amides is 1. The molecule has 5 nitrogen and oxygen atoms in total. The van der Waals surface area contributed by atoms with Crippen molar-refractivity contribution in [2.45, 2.75) is 32.8 Å². The average molecular weight is 233 g/mol. The van der Waals surface area contributed by atoms with Crippen LogP contribution in [0.1, 0.15) is 27.2 Å². The minimum atomic E-state index is -2.18. The highest BCUT2D eigenvalue weighted by molar-refractivity contribution is 7.73. The van der Waals surface area contributed by atoms with Crippen molar-refractivity contribution in [1.82, 2.24) is 4.90 Å². The van der Waals surface area contributed by atoms with E-state index in [4.69, 9.17) is 4.74 Å². The molecular weight excluding hydrogens is 218 g/mol. The number of hydrogen-bond donors (Lipinski definition) is 0. The second-order valence-corrected chi connectivity index (χ2v) is 5.47. The topological polar surface area (TPSA) is 63.7 Å². The van der Waals surface area contributed by atoms with E-state index in [1.165, 1.54) is 4.90 Å². The zero-order chi connectivity index (χ0) is 11.6. The molecule has 6 heteroatoms. The molecule has 1 amide bonds. The zero-order valence-electron chi connectivity index (χ0n) is 9.11. The van der Waals surface area contributed by atoms with Gasteiger partial charge >= 0.3 is 6.09 Å². The molecule has 0 atom stereocenters. The van der Waals surface area contributed by atoms with Gasteiger partial charge in [0.2, 0.25) is 10.3 Å². The molecule has 1 heterocycles. The molecule has 0 N–H and O–H groups in total. The molecule has 0 aliphatic carbocycles. The summed E-state index contributed by atoms with van der Waals surface area (Å²) in [5.74, 6) is 0. The predicted octanol–water partition coefficient (Wildman–Crippen LogP) is 0.679. The summed E-state index contributed by atoms with van der Waals surface area (Å²) in [6.07, 6.45) is -0.0435. The molecule has 15 heavy (non-hydrogen) atoms. The van der Waals surface area contributed by atoms with Gasteiger partial charge in [-0.2, -0.15) is 8.42 Å². The molecule has 86 valence electrons. The molecule has 1 saturated heterocycles. The SMILES string of the molecule is CC(C)(C)OC(=O)N1CCC(=S(=O)=O)C1. The minimum Gasteiger partial charge on any atom is -0.444 e. The highest BCUT2D eigenvalue weighted by Gasteiger charge is 2.27. The van der Waals surface area contributed by atoms with Crippen LogP contribution in [-0.2, 0) is 15.0 Å². The molecule has 1 aliphatic rings. The van der Waals surface area contributed by atoms with Crippen LogP contribution in [0.15, 0.2) is 0 Å². The van der Waals surface area contributed by atoms with Crippen LogP contribution in [0.5, 0.6) is 0 Å². The maximum Gasteiger partial charge on any atom is 0.410 e. The zero-order valence-corrected chi connectivity index (χ0v) is 9.93. The molecule has 1 aliphatic heterocycles. The summed E-state index contributed by atoms with van der Waals surface area (Å²) in [6.45, 7) is 5.90. The van der Waals surface area contributed by atoms with Crippen LogP contribution in [0.25, 0.3) is 0 Å². The summed E-state index contributed by atoms with van der Waals surface area (Å²) in [5, 5.41) is 0. The highest BCUT2D eigenvalue weighted by Crippen LogP contribution is 2.13. The van der Waals surface area contributed by atoms with Gasteiger partial charge in [0, 0.05) is 13.0 Å². The monoisotopic (exact) mass is 233 g/mol. The van der Waals surface area contributed by atoms with Crippen molar-refractivity contribution in [3.8, 4) is 0 Å². The van der Waals surface area contributed by atoms with Crippen LogP contribution >= 0.6 is 0 Å². The van der Waals surface area contributed by atoms with Crippen molar-refractivity contribution in [3.05, 3.63) is 0 Å². The lowest BCUT2D eigenvalue weighted by molar-refractivity contribution is 0.0303. The smallest absolute Gasteiger partial charge is 0.410 e. The van der Waals surface area contributed by atoms with Gasteiger partial charge in [-0.1, -0.05) is 0 Å². The number of rotatable bonds is 0. The number of hydrogen-bond acceptors (Lipinski definition) is 4. The molecule has 0 bridgehead atoms. The summed E-state index contributed by atoms with van der Waals surface area (Å²) in [4.78, 5) is 13.3. The fourth-order valence-electron chi connectivity index (χ4n) is 1.25. The van der Waals surface area contributed by atoms with E-state index in [0.717, 1.165) is 0 Å². The molecule has 1 fully saturated rings. The Balaban J connectivity index is 2.63. The van der Waals surface area contributed by atoms with Gasteiger partial charge in [-0.15, -0.1) is 0 Å². The largest absolute Gasteiger partial charge is 0.444 e. The van der Waals surface area contributed by atoms with Crippen LogP contribution in [-0.4, -0.2) is 43.0 Å². The third kappa shape index (κ3) is 3.54. The first-order valence-electron chi connectivity index (χ1n) is 4.71. The molecule has 0 saturated carbocycles. The summed E-state index contributed by atoms with van der Waals surface area (Å²) in [5.41, 5.74) is -0.545. The summed E-state index contributed by atoms with van der Waals surface area (Å²) >= 11 is 0. The average Bonchev–Trinajstić information content (AvgIpc) is 2.47. The van der Waals surface area contributed by atoms with Crippen molar-refractivity contribution in [1.29, 1.82) is 0 Å². The Labute approximate surface area is 90.5 Å². The second kappa shape index (κ2) is 4.22. The van der Waals surface area contributed by atoms with Gasteiger partial charge in [-0.3, -0.25) is 0 Å². The first kappa shape index (κ1) is 12.0. The van der Waals surface area contributed by atoms with Crippen LogP contribution < -0.4 is 0 Å². The summed E-state index contributed by atoms with van der Waals surface area (Å²) in [7, 11) is -2.18. The Bertz CT molecular complexity index is 383. The third-order valence-corrected chi connectivity index (χ3v) is 2.72. The standard InChI is InChI=1S/C9H15NO4S/c1-9(2,3)14-8(11)10-5-4-7(6-10)15(12)13/h4-6H2,1-3H3. The fraction of sp³-hybridized carbons (Fsp3) is 0.778. The number of ether oxygens (including phenoxy) is 1.